The number of hydrogen-bond donors (Lipinski definition) is 3. The first-order valence-electron chi connectivity index (χ1n) is 9.78. The Morgan fingerprint density at radius 1 is 1.16 bits per heavy atom. The number of halogens is 1. The highest BCUT2D eigenvalue weighted by atomic mass is 127. The Morgan fingerprint density at radius 2 is 1.92 bits per heavy atom. The van der Waals surface area contributed by atoms with Gasteiger partial charge in [0.1, 0.15) is 0 Å². The highest BCUT2D eigenvalue weighted by Gasteiger charge is 2.30. The summed E-state index contributed by atoms with van der Waals surface area (Å²) in [6.07, 6.45) is 8.13. The standard InChI is InChI=1S/C18H35N5O.HI/c1-3-11-20-17(24)9-12-21-18(19-4-2)22-15-10-13-23(14-15)16-7-5-6-8-16;/h15-16H,3-14H2,1-2H3,(H,20,24)(H2,19,21,22);1H. The molecule has 2 fully saturated rings. The third kappa shape index (κ3) is 8.11. The number of aliphatic imine (C=N–C) groups is 1. The van der Waals surface area contributed by atoms with Crippen molar-refractivity contribution in [3.05, 3.63) is 0 Å². The van der Waals surface area contributed by atoms with Crippen molar-refractivity contribution >= 4 is 35.8 Å². The first-order valence-corrected chi connectivity index (χ1v) is 9.78. The van der Waals surface area contributed by atoms with E-state index in [9.17, 15) is 4.79 Å². The van der Waals surface area contributed by atoms with Crippen LogP contribution in [0.4, 0.5) is 0 Å². The number of hydrogen-bond acceptors (Lipinski definition) is 3. The summed E-state index contributed by atoms with van der Waals surface area (Å²) in [6, 6.07) is 1.27. The van der Waals surface area contributed by atoms with Gasteiger partial charge in [-0.3, -0.25) is 14.7 Å². The number of nitrogens with zero attached hydrogens (tertiary/aromatic N) is 2. The van der Waals surface area contributed by atoms with Crippen molar-refractivity contribution in [1.29, 1.82) is 0 Å². The fraction of sp³-hybridized carbons (Fsp3) is 0.889. The molecule has 1 atom stereocenters. The lowest BCUT2D eigenvalue weighted by atomic mass is 10.2. The fourth-order valence-corrected chi connectivity index (χ4v) is 3.64. The Hall–Kier alpha value is -0.570. The highest BCUT2D eigenvalue weighted by Crippen LogP contribution is 2.26. The van der Waals surface area contributed by atoms with Gasteiger partial charge in [0.05, 0.1) is 6.54 Å². The predicted octanol–water partition coefficient (Wildman–Crippen LogP) is 2.09. The van der Waals surface area contributed by atoms with E-state index in [1.54, 1.807) is 0 Å². The zero-order chi connectivity index (χ0) is 17.2. The van der Waals surface area contributed by atoms with Gasteiger partial charge in [0.15, 0.2) is 5.96 Å². The summed E-state index contributed by atoms with van der Waals surface area (Å²) in [5.74, 6) is 0.934. The number of nitrogens with one attached hydrogen (secondary N) is 3. The van der Waals surface area contributed by atoms with Crippen LogP contribution in [-0.2, 0) is 4.79 Å². The van der Waals surface area contributed by atoms with E-state index in [0.717, 1.165) is 38.1 Å². The van der Waals surface area contributed by atoms with Crippen LogP contribution in [0.25, 0.3) is 0 Å². The van der Waals surface area contributed by atoms with E-state index in [-0.39, 0.29) is 29.9 Å². The average Bonchev–Trinajstić information content (AvgIpc) is 3.24. The summed E-state index contributed by atoms with van der Waals surface area (Å²) in [5.41, 5.74) is 0. The summed E-state index contributed by atoms with van der Waals surface area (Å²) >= 11 is 0. The molecule has 0 aromatic rings. The second-order valence-electron chi connectivity index (χ2n) is 6.92. The van der Waals surface area contributed by atoms with Crippen molar-refractivity contribution < 1.29 is 4.79 Å². The molecule has 1 saturated heterocycles. The van der Waals surface area contributed by atoms with E-state index < -0.39 is 0 Å². The lowest BCUT2D eigenvalue weighted by Crippen LogP contribution is -2.45. The van der Waals surface area contributed by atoms with Crippen LogP contribution in [0.15, 0.2) is 4.99 Å². The maximum atomic E-state index is 11.6. The van der Waals surface area contributed by atoms with Crippen LogP contribution in [0.1, 0.15) is 58.8 Å². The lowest BCUT2D eigenvalue weighted by molar-refractivity contribution is -0.120. The van der Waals surface area contributed by atoms with Crippen molar-refractivity contribution in [1.82, 2.24) is 20.9 Å². The van der Waals surface area contributed by atoms with Gasteiger partial charge in [-0.25, -0.2) is 0 Å². The van der Waals surface area contributed by atoms with Gasteiger partial charge in [-0.2, -0.15) is 0 Å². The van der Waals surface area contributed by atoms with Crippen LogP contribution in [-0.4, -0.2) is 61.6 Å². The van der Waals surface area contributed by atoms with Gasteiger partial charge in [0.25, 0.3) is 0 Å². The van der Waals surface area contributed by atoms with E-state index in [2.05, 4.69) is 39.7 Å². The molecule has 2 rings (SSSR count). The molecular formula is C18H36IN5O. The Kier molecular flexibility index (Phi) is 11.4. The van der Waals surface area contributed by atoms with Crippen LogP contribution >= 0.6 is 24.0 Å². The van der Waals surface area contributed by atoms with E-state index in [0.29, 0.717) is 19.0 Å². The van der Waals surface area contributed by atoms with Gasteiger partial charge < -0.3 is 16.0 Å². The van der Waals surface area contributed by atoms with Crippen LogP contribution in [0.2, 0.25) is 0 Å². The molecule has 0 spiro atoms. The van der Waals surface area contributed by atoms with Gasteiger partial charge >= 0.3 is 0 Å². The smallest absolute Gasteiger partial charge is 0.221 e. The average molecular weight is 465 g/mol. The Labute approximate surface area is 170 Å². The third-order valence-electron chi connectivity index (χ3n) is 4.93. The summed E-state index contributed by atoms with van der Waals surface area (Å²) in [6.45, 7) is 8.57. The summed E-state index contributed by atoms with van der Waals surface area (Å²) in [4.78, 5) is 18.9. The molecular weight excluding hydrogens is 429 g/mol. The van der Waals surface area contributed by atoms with Crippen LogP contribution < -0.4 is 16.0 Å². The molecule has 1 saturated carbocycles. The summed E-state index contributed by atoms with van der Waals surface area (Å²) < 4.78 is 0. The van der Waals surface area contributed by atoms with Crippen molar-refractivity contribution in [2.24, 2.45) is 4.99 Å². The number of likely N-dealkylation sites (tertiary alicyclic amines) is 1. The second kappa shape index (κ2) is 12.7. The van der Waals surface area contributed by atoms with Crippen molar-refractivity contribution in [2.75, 3.05) is 32.7 Å². The zero-order valence-electron chi connectivity index (χ0n) is 15.9. The van der Waals surface area contributed by atoms with E-state index in [1.165, 1.54) is 38.6 Å². The summed E-state index contributed by atoms with van der Waals surface area (Å²) in [5, 5.41) is 9.74. The van der Waals surface area contributed by atoms with Gasteiger partial charge in [-0.05, 0) is 32.6 Å². The molecule has 1 aliphatic carbocycles. The minimum atomic E-state index is 0. The normalized spacial score (nSPS) is 21.8. The molecule has 1 unspecified atom stereocenters. The molecule has 1 amide bonds. The van der Waals surface area contributed by atoms with Crippen molar-refractivity contribution in [2.45, 2.75) is 70.9 Å². The minimum Gasteiger partial charge on any atom is -0.357 e. The maximum absolute atomic E-state index is 11.6. The lowest BCUT2D eigenvalue weighted by Gasteiger charge is -2.24. The molecule has 0 aromatic heterocycles. The number of rotatable bonds is 8. The van der Waals surface area contributed by atoms with Crippen molar-refractivity contribution in [3.63, 3.8) is 0 Å². The molecule has 25 heavy (non-hydrogen) atoms. The molecule has 6 nitrogen and oxygen atoms in total. The zero-order valence-corrected chi connectivity index (χ0v) is 18.2. The second-order valence-corrected chi connectivity index (χ2v) is 6.92. The van der Waals surface area contributed by atoms with Crippen LogP contribution in [0.5, 0.6) is 0 Å². The highest BCUT2D eigenvalue weighted by molar-refractivity contribution is 14.0. The molecule has 2 aliphatic rings. The largest absolute Gasteiger partial charge is 0.357 e. The van der Waals surface area contributed by atoms with Crippen molar-refractivity contribution in [3.8, 4) is 0 Å². The van der Waals surface area contributed by atoms with Crippen LogP contribution in [0, 0.1) is 0 Å². The quantitative estimate of drug-likeness (QED) is 0.292. The molecule has 7 heteroatoms. The van der Waals surface area contributed by atoms with Gasteiger partial charge in [-0.1, -0.05) is 19.8 Å². The number of carbonyl (C=O) groups is 1. The molecule has 1 heterocycles. The SMILES string of the molecule is CCCNC(=O)CCN=C(NCC)NC1CCN(C2CCCC2)C1.I. The molecule has 146 valence electrons. The molecule has 0 bridgehead atoms. The number of guanidine groups is 1. The minimum absolute atomic E-state index is 0. The monoisotopic (exact) mass is 465 g/mol. The maximum Gasteiger partial charge on any atom is 0.221 e. The number of carbonyl (C=O) groups excluding carboxylic acids is 1. The Morgan fingerprint density at radius 3 is 2.60 bits per heavy atom. The van der Waals surface area contributed by atoms with Gasteiger partial charge in [-0.15, -0.1) is 24.0 Å². The molecule has 3 N–H and O–H groups in total. The molecule has 1 aliphatic heterocycles. The molecule has 0 radical (unpaired) electrons. The topological polar surface area (TPSA) is 68.8 Å². The first-order chi connectivity index (χ1) is 11.7. The Bertz CT molecular complexity index is 412. The fourth-order valence-electron chi connectivity index (χ4n) is 3.64. The van der Waals surface area contributed by atoms with Gasteiger partial charge in [0.2, 0.25) is 5.91 Å². The van der Waals surface area contributed by atoms with E-state index in [4.69, 9.17) is 0 Å². The predicted molar refractivity (Wildman–Crippen MR) is 115 cm³/mol. The summed E-state index contributed by atoms with van der Waals surface area (Å²) in [7, 11) is 0. The van der Waals surface area contributed by atoms with E-state index >= 15 is 0 Å². The Balaban J connectivity index is 0.00000312. The van der Waals surface area contributed by atoms with Crippen LogP contribution in [0.3, 0.4) is 0 Å². The third-order valence-corrected chi connectivity index (χ3v) is 4.93. The molecule has 0 aromatic carbocycles. The van der Waals surface area contributed by atoms with Gasteiger partial charge in [0, 0.05) is 44.7 Å². The van der Waals surface area contributed by atoms with E-state index in [1.807, 2.05) is 0 Å². The number of amides is 1. The first kappa shape index (κ1) is 22.5.